The third-order valence-electron chi connectivity index (χ3n) is 3.58. The van der Waals surface area contributed by atoms with E-state index in [2.05, 4.69) is 10.4 Å². The van der Waals surface area contributed by atoms with Crippen molar-refractivity contribution in [1.29, 1.82) is 0 Å². The lowest BCUT2D eigenvalue weighted by molar-refractivity contribution is -0.137. The Morgan fingerprint density at radius 2 is 2.09 bits per heavy atom. The number of hydrogen-bond acceptors (Lipinski definition) is 3. The molecule has 0 amide bonds. The molecule has 1 aliphatic rings. The van der Waals surface area contributed by atoms with Crippen LogP contribution in [0.15, 0.2) is 12.1 Å². The number of halogens is 3. The van der Waals surface area contributed by atoms with Crippen LogP contribution in [0.2, 0.25) is 0 Å². The number of nitrogens with zero attached hydrogens (tertiary/aromatic N) is 2. The highest BCUT2D eigenvalue weighted by Gasteiger charge is 2.25. The van der Waals surface area contributed by atoms with E-state index in [9.17, 15) is 18.0 Å². The standard InChI is InChI=1S/C14H12F3N3O2/c15-9-2-1-7(12(16)13(9)17)14-8-5-18-4-3-10(8)20(19-14)6-11(21)22/h1-2,18H,3-6H2,(H,21,22). The number of carboxylic acid groups (broad SMARTS) is 1. The summed E-state index contributed by atoms with van der Waals surface area (Å²) in [5, 5.41) is 16.1. The number of hydrogen-bond donors (Lipinski definition) is 2. The predicted molar refractivity (Wildman–Crippen MR) is 70.6 cm³/mol. The summed E-state index contributed by atoms with van der Waals surface area (Å²) in [7, 11) is 0. The highest BCUT2D eigenvalue weighted by atomic mass is 19.2. The Hall–Kier alpha value is -2.35. The summed E-state index contributed by atoms with van der Waals surface area (Å²) in [6, 6.07) is 1.93. The van der Waals surface area contributed by atoms with Gasteiger partial charge in [0, 0.05) is 36.3 Å². The van der Waals surface area contributed by atoms with Gasteiger partial charge in [-0.05, 0) is 12.1 Å². The van der Waals surface area contributed by atoms with Gasteiger partial charge >= 0.3 is 5.97 Å². The van der Waals surface area contributed by atoms with Crippen molar-refractivity contribution >= 4 is 5.97 Å². The van der Waals surface area contributed by atoms with Gasteiger partial charge in [-0.3, -0.25) is 9.48 Å². The normalized spacial score (nSPS) is 14.0. The first-order valence-electron chi connectivity index (χ1n) is 6.64. The van der Waals surface area contributed by atoms with Crippen molar-refractivity contribution in [2.24, 2.45) is 0 Å². The van der Waals surface area contributed by atoms with E-state index in [1.165, 1.54) is 4.68 Å². The quantitative estimate of drug-likeness (QED) is 0.847. The zero-order chi connectivity index (χ0) is 15.9. The van der Waals surface area contributed by atoms with E-state index in [1.54, 1.807) is 0 Å². The molecule has 0 spiro atoms. The van der Waals surface area contributed by atoms with Crippen molar-refractivity contribution in [3.63, 3.8) is 0 Å². The number of aliphatic carboxylic acids is 1. The highest BCUT2D eigenvalue weighted by molar-refractivity contribution is 5.69. The molecule has 0 unspecified atom stereocenters. The van der Waals surface area contributed by atoms with Crippen molar-refractivity contribution in [3.05, 3.63) is 40.8 Å². The summed E-state index contributed by atoms with van der Waals surface area (Å²) >= 11 is 0. The van der Waals surface area contributed by atoms with Gasteiger partial charge in [-0.25, -0.2) is 13.2 Å². The van der Waals surface area contributed by atoms with Gasteiger partial charge in [0.25, 0.3) is 0 Å². The van der Waals surface area contributed by atoms with Crippen molar-refractivity contribution in [2.75, 3.05) is 6.54 Å². The zero-order valence-corrected chi connectivity index (χ0v) is 11.4. The zero-order valence-electron chi connectivity index (χ0n) is 11.4. The first-order valence-corrected chi connectivity index (χ1v) is 6.64. The van der Waals surface area contributed by atoms with Crippen molar-refractivity contribution < 1.29 is 23.1 Å². The Morgan fingerprint density at radius 1 is 1.32 bits per heavy atom. The molecule has 116 valence electrons. The molecule has 0 fully saturated rings. The van der Waals surface area contributed by atoms with Gasteiger partial charge in [0.15, 0.2) is 17.5 Å². The molecule has 2 aromatic rings. The lowest BCUT2D eigenvalue weighted by Crippen LogP contribution is -2.25. The number of fused-ring (bicyclic) bond motifs is 1. The van der Waals surface area contributed by atoms with Gasteiger partial charge in [0.05, 0.1) is 0 Å². The Morgan fingerprint density at radius 3 is 2.82 bits per heavy atom. The molecule has 1 aromatic carbocycles. The van der Waals surface area contributed by atoms with E-state index in [-0.39, 0.29) is 17.8 Å². The third-order valence-corrected chi connectivity index (χ3v) is 3.58. The van der Waals surface area contributed by atoms with Crippen LogP contribution in [-0.2, 0) is 24.3 Å². The van der Waals surface area contributed by atoms with Crippen LogP contribution in [0.3, 0.4) is 0 Å². The number of benzene rings is 1. The molecular formula is C14H12F3N3O2. The third kappa shape index (κ3) is 2.35. The number of nitrogens with one attached hydrogen (secondary N) is 1. The maximum absolute atomic E-state index is 14.0. The molecule has 0 saturated heterocycles. The highest BCUT2D eigenvalue weighted by Crippen LogP contribution is 2.31. The van der Waals surface area contributed by atoms with E-state index in [4.69, 9.17) is 5.11 Å². The molecular weight excluding hydrogens is 299 g/mol. The number of aromatic nitrogens is 2. The lowest BCUT2D eigenvalue weighted by atomic mass is 10.0. The predicted octanol–water partition coefficient (Wildman–Crippen LogP) is 1.70. The SMILES string of the molecule is O=C(O)Cn1nc(-c2ccc(F)c(F)c2F)c2c1CCNC2. The summed E-state index contributed by atoms with van der Waals surface area (Å²) < 4.78 is 41.8. The molecule has 3 rings (SSSR count). The maximum Gasteiger partial charge on any atom is 0.325 e. The van der Waals surface area contributed by atoms with Crippen LogP contribution in [0.25, 0.3) is 11.3 Å². The minimum absolute atomic E-state index is 0.139. The van der Waals surface area contributed by atoms with Gasteiger partial charge in [0.2, 0.25) is 0 Å². The second-order valence-corrected chi connectivity index (χ2v) is 4.97. The fourth-order valence-corrected chi connectivity index (χ4v) is 2.60. The van der Waals surface area contributed by atoms with Crippen molar-refractivity contribution in [1.82, 2.24) is 15.1 Å². The second kappa shape index (κ2) is 5.45. The van der Waals surface area contributed by atoms with E-state index in [0.29, 0.717) is 30.8 Å². The first kappa shape index (κ1) is 14.6. The van der Waals surface area contributed by atoms with E-state index < -0.39 is 23.4 Å². The summed E-state index contributed by atoms with van der Waals surface area (Å²) in [4.78, 5) is 10.9. The molecule has 0 aliphatic carbocycles. The largest absolute Gasteiger partial charge is 0.480 e. The van der Waals surface area contributed by atoms with Crippen molar-refractivity contribution in [2.45, 2.75) is 19.5 Å². The molecule has 2 N–H and O–H groups in total. The number of rotatable bonds is 3. The topological polar surface area (TPSA) is 67.1 Å². The fourth-order valence-electron chi connectivity index (χ4n) is 2.60. The molecule has 0 radical (unpaired) electrons. The van der Waals surface area contributed by atoms with Crippen molar-refractivity contribution in [3.8, 4) is 11.3 Å². The van der Waals surface area contributed by atoms with Gasteiger partial charge in [-0.1, -0.05) is 0 Å². The Labute approximate surface area is 123 Å². The number of carbonyl (C=O) groups is 1. The van der Waals surface area contributed by atoms with Gasteiger partial charge in [0.1, 0.15) is 12.2 Å². The smallest absolute Gasteiger partial charge is 0.325 e. The van der Waals surface area contributed by atoms with Crippen LogP contribution < -0.4 is 5.32 Å². The Bertz CT molecular complexity index is 758. The molecule has 2 heterocycles. The lowest BCUT2D eigenvalue weighted by Gasteiger charge is -2.15. The number of carboxylic acids is 1. The first-order chi connectivity index (χ1) is 10.5. The Kier molecular flexibility index (Phi) is 3.61. The molecule has 0 bridgehead atoms. The summed E-state index contributed by atoms with van der Waals surface area (Å²) in [6.07, 6.45) is 0.529. The van der Waals surface area contributed by atoms with Gasteiger partial charge in [-0.2, -0.15) is 5.10 Å². The van der Waals surface area contributed by atoms with E-state index in [1.807, 2.05) is 0 Å². The van der Waals surface area contributed by atoms with Gasteiger partial charge < -0.3 is 10.4 Å². The van der Waals surface area contributed by atoms with Crippen LogP contribution in [-0.4, -0.2) is 27.4 Å². The summed E-state index contributed by atoms with van der Waals surface area (Å²) in [6.45, 7) is 0.633. The monoisotopic (exact) mass is 311 g/mol. The minimum Gasteiger partial charge on any atom is -0.480 e. The molecule has 8 heteroatoms. The molecule has 1 aliphatic heterocycles. The van der Waals surface area contributed by atoms with Gasteiger partial charge in [-0.15, -0.1) is 0 Å². The molecule has 0 saturated carbocycles. The second-order valence-electron chi connectivity index (χ2n) is 4.97. The Balaban J connectivity index is 2.17. The maximum atomic E-state index is 14.0. The average molecular weight is 311 g/mol. The van der Waals surface area contributed by atoms with E-state index in [0.717, 1.165) is 12.1 Å². The van der Waals surface area contributed by atoms with Crippen LogP contribution in [0.4, 0.5) is 13.2 Å². The summed E-state index contributed by atoms with van der Waals surface area (Å²) in [5.41, 5.74) is 1.24. The van der Waals surface area contributed by atoms with Crippen LogP contribution in [0.1, 0.15) is 11.3 Å². The minimum atomic E-state index is -1.57. The van der Waals surface area contributed by atoms with Crippen LogP contribution in [0.5, 0.6) is 0 Å². The van der Waals surface area contributed by atoms with Crippen LogP contribution in [0, 0.1) is 17.5 Å². The average Bonchev–Trinajstić information content (AvgIpc) is 2.83. The molecule has 22 heavy (non-hydrogen) atoms. The van der Waals surface area contributed by atoms with Crippen LogP contribution >= 0.6 is 0 Å². The molecule has 1 aromatic heterocycles. The van der Waals surface area contributed by atoms with E-state index >= 15 is 0 Å². The fraction of sp³-hybridized carbons (Fsp3) is 0.286. The molecule has 0 atom stereocenters. The molecule has 5 nitrogen and oxygen atoms in total. The summed E-state index contributed by atoms with van der Waals surface area (Å²) in [5.74, 6) is -5.25.